The molecule has 0 amide bonds. The number of carboxylic acid groups (broad SMARTS) is 1. The second-order valence-electron chi connectivity index (χ2n) is 2.65. The van der Waals surface area contributed by atoms with Gasteiger partial charge in [-0.2, -0.15) is 4.99 Å². The molecule has 0 bridgehead atoms. The van der Waals surface area contributed by atoms with Gasteiger partial charge in [0.15, 0.2) is 5.82 Å². The summed E-state index contributed by atoms with van der Waals surface area (Å²) in [5.41, 5.74) is -0.0668. The number of nitrogens with zero attached hydrogens (tertiary/aromatic N) is 1. The number of rotatable bonds is 3. The maximum atomic E-state index is 13.1. The summed E-state index contributed by atoms with van der Waals surface area (Å²) < 4.78 is 17.4. The summed E-state index contributed by atoms with van der Waals surface area (Å²) in [6.45, 7) is -0.351. The molecule has 0 radical (unpaired) electrons. The Hall–Kier alpha value is -1.91. The molecule has 0 aliphatic rings. The van der Waals surface area contributed by atoms with Gasteiger partial charge in [0, 0.05) is 5.56 Å². The number of halogens is 2. The first kappa shape index (κ1) is 12.2. The van der Waals surface area contributed by atoms with Gasteiger partial charge in [0.25, 0.3) is 0 Å². The Balaban J connectivity index is 3.04. The van der Waals surface area contributed by atoms with Crippen molar-refractivity contribution in [1.82, 2.24) is 0 Å². The predicted molar refractivity (Wildman–Crippen MR) is 52.0 cm³/mol. The lowest BCUT2D eigenvalue weighted by Gasteiger charge is -2.05. The van der Waals surface area contributed by atoms with Crippen LogP contribution in [0.5, 0.6) is 0 Å². The standard InChI is InChI=1S/C9H5ClFNO4/c10-6-2-7(11)8(12-4-13)1-5(6)3-16-9(14)15/h1-2H,3H2,(H,14,15). The molecule has 0 aromatic heterocycles. The lowest BCUT2D eigenvalue weighted by atomic mass is 10.2. The van der Waals surface area contributed by atoms with Crippen molar-refractivity contribution in [3.05, 3.63) is 28.5 Å². The largest absolute Gasteiger partial charge is 0.506 e. The summed E-state index contributed by atoms with van der Waals surface area (Å²) in [6.07, 6.45) is -0.314. The van der Waals surface area contributed by atoms with Crippen LogP contribution in [-0.4, -0.2) is 17.3 Å². The average Bonchev–Trinajstić information content (AvgIpc) is 2.20. The smallest absolute Gasteiger partial charge is 0.450 e. The molecule has 16 heavy (non-hydrogen) atoms. The summed E-state index contributed by atoms with van der Waals surface area (Å²) in [7, 11) is 0. The van der Waals surface area contributed by atoms with E-state index in [0.717, 1.165) is 12.1 Å². The molecule has 0 spiro atoms. The molecule has 1 aromatic rings. The number of isocyanates is 1. The number of hydrogen-bond acceptors (Lipinski definition) is 4. The van der Waals surface area contributed by atoms with Gasteiger partial charge >= 0.3 is 6.16 Å². The van der Waals surface area contributed by atoms with Crippen LogP contribution < -0.4 is 0 Å². The van der Waals surface area contributed by atoms with E-state index in [0.29, 0.717) is 0 Å². The van der Waals surface area contributed by atoms with E-state index >= 15 is 0 Å². The van der Waals surface area contributed by atoms with E-state index in [1.165, 1.54) is 6.08 Å². The molecular weight excluding hydrogens is 241 g/mol. The van der Waals surface area contributed by atoms with Crippen molar-refractivity contribution in [2.24, 2.45) is 4.99 Å². The molecule has 84 valence electrons. The monoisotopic (exact) mass is 245 g/mol. The lowest BCUT2D eigenvalue weighted by molar-refractivity contribution is 0.0854. The fourth-order valence-corrected chi connectivity index (χ4v) is 1.17. The van der Waals surface area contributed by atoms with Gasteiger partial charge in [0.2, 0.25) is 6.08 Å². The summed E-state index contributed by atoms with van der Waals surface area (Å²) in [5.74, 6) is -0.799. The Morgan fingerprint density at radius 3 is 2.88 bits per heavy atom. The van der Waals surface area contributed by atoms with Crippen LogP contribution in [0.2, 0.25) is 5.02 Å². The predicted octanol–water partition coefficient (Wildman–Crippen LogP) is 2.64. The fourth-order valence-electron chi connectivity index (χ4n) is 0.966. The van der Waals surface area contributed by atoms with E-state index in [-0.39, 0.29) is 22.9 Å². The highest BCUT2D eigenvalue weighted by Crippen LogP contribution is 2.26. The van der Waals surface area contributed by atoms with Crippen molar-refractivity contribution in [2.45, 2.75) is 6.61 Å². The van der Waals surface area contributed by atoms with Crippen LogP contribution in [-0.2, 0) is 16.1 Å². The molecule has 0 atom stereocenters. The topological polar surface area (TPSA) is 76.0 Å². The van der Waals surface area contributed by atoms with Gasteiger partial charge in [-0.3, -0.25) is 0 Å². The zero-order valence-electron chi connectivity index (χ0n) is 7.74. The summed E-state index contributed by atoms with van der Waals surface area (Å²) >= 11 is 5.63. The third-order valence-corrected chi connectivity index (χ3v) is 1.98. The third-order valence-electron chi connectivity index (χ3n) is 1.63. The van der Waals surface area contributed by atoms with Gasteiger partial charge in [0.05, 0.1) is 5.02 Å². The maximum absolute atomic E-state index is 13.1. The number of carbonyl (C=O) groups is 1. The van der Waals surface area contributed by atoms with E-state index in [9.17, 15) is 14.0 Å². The van der Waals surface area contributed by atoms with Crippen LogP contribution in [0.1, 0.15) is 5.56 Å². The Labute approximate surface area is 94.1 Å². The minimum Gasteiger partial charge on any atom is -0.450 e. The first-order chi connectivity index (χ1) is 7.54. The fraction of sp³-hybridized carbons (Fsp3) is 0.111. The van der Waals surface area contributed by atoms with Crippen LogP contribution in [0.15, 0.2) is 17.1 Å². The molecule has 0 aliphatic heterocycles. The average molecular weight is 246 g/mol. The number of benzene rings is 1. The van der Waals surface area contributed by atoms with Gasteiger partial charge in [-0.05, 0) is 12.1 Å². The third kappa shape index (κ3) is 3.05. The van der Waals surface area contributed by atoms with E-state index in [1.54, 1.807) is 0 Å². The quantitative estimate of drug-likeness (QED) is 0.505. The van der Waals surface area contributed by atoms with Crippen LogP contribution in [0.25, 0.3) is 0 Å². The van der Waals surface area contributed by atoms with Crippen LogP contribution in [0.3, 0.4) is 0 Å². The minimum atomic E-state index is -1.49. The molecule has 1 rings (SSSR count). The Kier molecular flexibility index (Phi) is 3.99. The molecule has 1 N–H and O–H groups in total. The van der Waals surface area contributed by atoms with Crippen molar-refractivity contribution in [3.63, 3.8) is 0 Å². The highest BCUT2D eigenvalue weighted by atomic mass is 35.5. The molecule has 0 unspecified atom stereocenters. The first-order valence-electron chi connectivity index (χ1n) is 3.96. The van der Waals surface area contributed by atoms with Gasteiger partial charge < -0.3 is 9.84 Å². The summed E-state index contributed by atoms with van der Waals surface area (Å²) in [4.78, 5) is 23.2. The number of ether oxygens (including phenoxy) is 1. The minimum absolute atomic E-state index is 0.0106. The Morgan fingerprint density at radius 2 is 2.31 bits per heavy atom. The van der Waals surface area contributed by atoms with Gasteiger partial charge in [-0.15, -0.1) is 0 Å². The SMILES string of the molecule is O=C=Nc1cc(COC(=O)O)c(Cl)cc1F. The Bertz CT molecular complexity index is 471. The van der Waals surface area contributed by atoms with E-state index in [2.05, 4.69) is 9.73 Å². The maximum Gasteiger partial charge on any atom is 0.506 e. The lowest BCUT2D eigenvalue weighted by Crippen LogP contribution is -2.00. The Morgan fingerprint density at radius 1 is 1.62 bits per heavy atom. The zero-order valence-corrected chi connectivity index (χ0v) is 8.49. The molecule has 0 aliphatic carbocycles. The highest BCUT2D eigenvalue weighted by molar-refractivity contribution is 6.31. The highest BCUT2D eigenvalue weighted by Gasteiger charge is 2.09. The first-order valence-corrected chi connectivity index (χ1v) is 4.34. The van der Waals surface area contributed by atoms with Gasteiger partial charge in [-0.25, -0.2) is 14.0 Å². The molecule has 0 saturated heterocycles. The number of aliphatic imine (C=N–C) groups is 1. The molecule has 5 nitrogen and oxygen atoms in total. The van der Waals surface area contributed by atoms with E-state index in [1.807, 2.05) is 0 Å². The van der Waals surface area contributed by atoms with Gasteiger partial charge in [0.1, 0.15) is 12.3 Å². The summed E-state index contributed by atoms with van der Waals surface area (Å²) in [6, 6.07) is 2.03. The van der Waals surface area contributed by atoms with Crippen LogP contribution in [0, 0.1) is 5.82 Å². The normalized spacial score (nSPS) is 9.38. The van der Waals surface area contributed by atoms with Gasteiger partial charge in [-0.1, -0.05) is 11.6 Å². The molecule has 0 fully saturated rings. The van der Waals surface area contributed by atoms with Crippen molar-refractivity contribution < 1.29 is 23.8 Å². The van der Waals surface area contributed by atoms with Crippen LogP contribution in [0.4, 0.5) is 14.9 Å². The molecule has 0 heterocycles. The van der Waals surface area contributed by atoms with Crippen molar-refractivity contribution in [1.29, 1.82) is 0 Å². The number of carbonyl (C=O) groups excluding carboxylic acids is 1. The van der Waals surface area contributed by atoms with Crippen molar-refractivity contribution >= 4 is 29.5 Å². The molecule has 7 heteroatoms. The van der Waals surface area contributed by atoms with Crippen molar-refractivity contribution in [3.8, 4) is 0 Å². The molecule has 0 saturated carbocycles. The zero-order chi connectivity index (χ0) is 12.1. The summed E-state index contributed by atoms with van der Waals surface area (Å²) in [5, 5.41) is 8.26. The molecular formula is C9H5ClFNO4. The second-order valence-corrected chi connectivity index (χ2v) is 3.06. The van der Waals surface area contributed by atoms with Crippen LogP contribution >= 0.6 is 11.6 Å². The van der Waals surface area contributed by atoms with Crippen molar-refractivity contribution in [2.75, 3.05) is 0 Å². The molecule has 1 aromatic carbocycles. The second kappa shape index (κ2) is 5.25. The number of hydrogen-bond donors (Lipinski definition) is 1. The van der Waals surface area contributed by atoms with E-state index in [4.69, 9.17) is 16.7 Å². The van der Waals surface area contributed by atoms with E-state index < -0.39 is 12.0 Å².